The molecule has 0 aliphatic rings. The van der Waals surface area contributed by atoms with Crippen LogP contribution in [0.1, 0.15) is 5.56 Å². The van der Waals surface area contributed by atoms with Crippen LogP contribution in [0, 0.1) is 0 Å². The Morgan fingerprint density at radius 2 is 1.54 bits per heavy atom. The number of nitrogens with zero attached hydrogens (tertiary/aromatic N) is 1. The van der Waals surface area contributed by atoms with Crippen molar-refractivity contribution in [2.75, 3.05) is 20.1 Å². The van der Waals surface area contributed by atoms with Gasteiger partial charge in [-0.2, -0.15) is 0 Å². The standard InChI is InChI=1S/C17H22N4O2S/c1-18-17(20-14-15-8-4-2-5-9-15)19-12-13-21-24(22,23)16-10-6-3-7-11-16/h2-11,21H,12-14H2,1H3,(H2,18,19,20). The molecule has 0 bridgehead atoms. The smallest absolute Gasteiger partial charge is 0.240 e. The van der Waals surface area contributed by atoms with Crippen LogP contribution in [0.2, 0.25) is 0 Å². The maximum absolute atomic E-state index is 12.1. The van der Waals surface area contributed by atoms with E-state index >= 15 is 0 Å². The molecule has 0 amide bonds. The van der Waals surface area contributed by atoms with Gasteiger partial charge in [-0.3, -0.25) is 4.99 Å². The Bertz CT molecular complexity index is 747. The Kier molecular flexibility index (Phi) is 6.77. The Morgan fingerprint density at radius 3 is 2.17 bits per heavy atom. The number of benzene rings is 2. The average molecular weight is 346 g/mol. The molecule has 2 aromatic carbocycles. The van der Waals surface area contributed by atoms with E-state index in [-0.39, 0.29) is 11.4 Å². The maximum Gasteiger partial charge on any atom is 0.240 e. The second kappa shape index (κ2) is 9.05. The summed E-state index contributed by atoms with van der Waals surface area (Å²) in [7, 11) is -1.80. The molecule has 0 aromatic heterocycles. The molecule has 0 heterocycles. The summed E-state index contributed by atoms with van der Waals surface area (Å²) in [5, 5.41) is 6.25. The fourth-order valence-electron chi connectivity index (χ4n) is 2.05. The van der Waals surface area contributed by atoms with Crippen molar-refractivity contribution >= 4 is 16.0 Å². The first-order valence-electron chi connectivity index (χ1n) is 7.65. The maximum atomic E-state index is 12.1. The second-order valence-corrected chi connectivity index (χ2v) is 6.82. The van der Waals surface area contributed by atoms with E-state index in [1.54, 1.807) is 37.4 Å². The molecule has 3 N–H and O–H groups in total. The van der Waals surface area contributed by atoms with Gasteiger partial charge in [0.1, 0.15) is 0 Å². The van der Waals surface area contributed by atoms with Gasteiger partial charge in [0, 0.05) is 26.7 Å². The zero-order chi connectivity index (χ0) is 17.3. The lowest BCUT2D eigenvalue weighted by Crippen LogP contribution is -2.41. The molecule has 0 saturated heterocycles. The molecule has 0 atom stereocenters. The quantitative estimate of drug-likeness (QED) is 0.401. The van der Waals surface area contributed by atoms with Gasteiger partial charge in [0.15, 0.2) is 5.96 Å². The number of sulfonamides is 1. The van der Waals surface area contributed by atoms with Gasteiger partial charge < -0.3 is 10.6 Å². The molecule has 0 aliphatic heterocycles. The third kappa shape index (κ3) is 5.68. The molecule has 0 spiro atoms. The Hall–Kier alpha value is -2.38. The van der Waals surface area contributed by atoms with Crippen molar-refractivity contribution in [1.29, 1.82) is 0 Å². The van der Waals surface area contributed by atoms with Crippen LogP contribution in [0.3, 0.4) is 0 Å². The van der Waals surface area contributed by atoms with Gasteiger partial charge >= 0.3 is 0 Å². The highest BCUT2D eigenvalue weighted by molar-refractivity contribution is 7.89. The molecule has 2 rings (SSSR count). The van der Waals surface area contributed by atoms with Crippen LogP contribution in [-0.2, 0) is 16.6 Å². The number of hydrogen-bond acceptors (Lipinski definition) is 3. The van der Waals surface area contributed by atoms with Gasteiger partial charge in [-0.05, 0) is 17.7 Å². The molecule has 24 heavy (non-hydrogen) atoms. The van der Waals surface area contributed by atoms with Crippen LogP contribution < -0.4 is 15.4 Å². The van der Waals surface area contributed by atoms with E-state index in [4.69, 9.17) is 0 Å². The summed E-state index contributed by atoms with van der Waals surface area (Å²) in [4.78, 5) is 4.37. The zero-order valence-electron chi connectivity index (χ0n) is 13.6. The highest BCUT2D eigenvalue weighted by Crippen LogP contribution is 2.06. The lowest BCUT2D eigenvalue weighted by Gasteiger charge is -2.12. The summed E-state index contributed by atoms with van der Waals surface area (Å²) in [6, 6.07) is 18.3. The number of rotatable bonds is 7. The van der Waals surface area contributed by atoms with Crippen LogP contribution in [-0.4, -0.2) is 34.5 Å². The molecule has 6 nitrogen and oxygen atoms in total. The van der Waals surface area contributed by atoms with Crippen LogP contribution in [0.25, 0.3) is 0 Å². The van der Waals surface area contributed by atoms with Gasteiger partial charge in [0.2, 0.25) is 10.0 Å². The van der Waals surface area contributed by atoms with Crippen molar-refractivity contribution in [2.24, 2.45) is 4.99 Å². The third-order valence-electron chi connectivity index (χ3n) is 3.29. The Balaban J connectivity index is 1.74. The van der Waals surface area contributed by atoms with E-state index in [1.807, 2.05) is 30.3 Å². The van der Waals surface area contributed by atoms with Crippen molar-refractivity contribution in [1.82, 2.24) is 15.4 Å². The summed E-state index contributed by atoms with van der Waals surface area (Å²) in [6.45, 7) is 1.35. The SMILES string of the molecule is CN=C(NCCNS(=O)(=O)c1ccccc1)NCc1ccccc1. The molecule has 0 unspecified atom stereocenters. The number of nitrogens with one attached hydrogen (secondary N) is 3. The van der Waals surface area contributed by atoms with Crippen molar-refractivity contribution in [3.05, 3.63) is 66.2 Å². The molecular formula is C17H22N4O2S. The molecular weight excluding hydrogens is 324 g/mol. The van der Waals surface area contributed by atoms with Crippen molar-refractivity contribution in [3.8, 4) is 0 Å². The second-order valence-electron chi connectivity index (χ2n) is 5.05. The molecule has 2 aromatic rings. The summed E-state index contributed by atoms with van der Waals surface area (Å²) < 4.78 is 26.7. The number of hydrogen-bond donors (Lipinski definition) is 3. The monoisotopic (exact) mass is 346 g/mol. The third-order valence-corrected chi connectivity index (χ3v) is 4.77. The number of guanidine groups is 1. The predicted octanol–water partition coefficient (Wildman–Crippen LogP) is 1.33. The highest BCUT2D eigenvalue weighted by Gasteiger charge is 2.11. The van der Waals surface area contributed by atoms with Crippen LogP contribution >= 0.6 is 0 Å². The zero-order valence-corrected chi connectivity index (χ0v) is 14.4. The molecule has 128 valence electrons. The molecule has 0 fully saturated rings. The van der Waals surface area contributed by atoms with Crippen LogP contribution in [0.4, 0.5) is 0 Å². The van der Waals surface area contributed by atoms with E-state index in [9.17, 15) is 8.42 Å². The summed E-state index contributed by atoms with van der Waals surface area (Å²) in [6.07, 6.45) is 0. The topological polar surface area (TPSA) is 82.6 Å². The fourth-order valence-corrected chi connectivity index (χ4v) is 3.10. The first kappa shape index (κ1) is 18.0. The highest BCUT2D eigenvalue weighted by atomic mass is 32.2. The van der Waals surface area contributed by atoms with Gasteiger partial charge in [-0.15, -0.1) is 0 Å². The van der Waals surface area contributed by atoms with E-state index in [0.717, 1.165) is 5.56 Å². The lowest BCUT2D eigenvalue weighted by molar-refractivity contribution is 0.580. The molecule has 0 aliphatic carbocycles. The molecule has 7 heteroatoms. The summed E-state index contributed by atoms with van der Waals surface area (Å²) >= 11 is 0. The summed E-state index contributed by atoms with van der Waals surface area (Å²) in [5.74, 6) is 0.623. The van der Waals surface area contributed by atoms with Crippen molar-refractivity contribution < 1.29 is 8.42 Å². The van der Waals surface area contributed by atoms with E-state index in [1.165, 1.54) is 0 Å². The fraction of sp³-hybridized carbons (Fsp3) is 0.235. The molecule has 0 radical (unpaired) electrons. The van der Waals surface area contributed by atoms with Crippen molar-refractivity contribution in [3.63, 3.8) is 0 Å². The first-order valence-corrected chi connectivity index (χ1v) is 9.13. The lowest BCUT2D eigenvalue weighted by atomic mass is 10.2. The summed E-state index contributed by atoms with van der Waals surface area (Å²) in [5.41, 5.74) is 1.14. The van der Waals surface area contributed by atoms with E-state index < -0.39 is 10.0 Å². The van der Waals surface area contributed by atoms with Crippen LogP contribution in [0.5, 0.6) is 0 Å². The van der Waals surface area contributed by atoms with Gasteiger partial charge in [0.05, 0.1) is 4.90 Å². The van der Waals surface area contributed by atoms with E-state index in [2.05, 4.69) is 20.3 Å². The van der Waals surface area contributed by atoms with Crippen LogP contribution in [0.15, 0.2) is 70.6 Å². The average Bonchev–Trinajstić information content (AvgIpc) is 2.63. The van der Waals surface area contributed by atoms with Crippen molar-refractivity contribution in [2.45, 2.75) is 11.4 Å². The minimum absolute atomic E-state index is 0.261. The van der Waals surface area contributed by atoms with Gasteiger partial charge in [0.25, 0.3) is 0 Å². The normalized spacial score (nSPS) is 12.0. The minimum atomic E-state index is -3.47. The van der Waals surface area contributed by atoms with E-state index in [0.29, 0.717) is 19.0 Å². The largest absolute Gasteiger partial charge is 0.355 e. The number of aliphatic imine (C=N–C) groups is 1. The minimum Gasteiger partial charge on any atom is -0.355 e. The Labute approximate surface area is 143 Å². The first-order chi connectivity index (χ1) is 11.6. The molecule has 0 saturated carbocycles. The Morgan fingerprint density at radius 1 is 0.917 bits per heavy atom. The predicted molar refractivity (Wildman–Crippen MR) is 96.3 cm³/mol. The van der Waals surface area contributed by atoms with Gasteiger partial charge in [-0.1, -0.05) is 48.5 Å². The van der Waals surface area contributed by atoms with Gasteiger partial charge in [-0.25, -0.2) is 13.1 Å².